The highest BCUT2D eigenvalue weighted by Crippen LogP contribution is 2.25. The molecule has 4 aromatic rings. The van der Waals surface area contributed by atoms with E-state index in [1.54, 1.807) is 66.7 Å². The molecule has 3 aromatic carbocycles. The van der Waals surface area contributed by atoms with E-state index >= 15 is 0 Å². The lowest BCUT2D eigenvalue weighted by Gasteiger charge is -2.11. The normalized spacial score (nSPS) is 10.3. The third kappa shape index (κ3) is 5.90. The number of carbonyl (C=O) groups is 2. The van der Waals surface area contributed by atoms with Crippen LogP contribution >= 0.6 is 0 Å². The van der Waals surface area contributed by atoms with Crippen LogP contribution in [-0.4, -0.2) is 22.0 Å². The lowest BCUT2D eigenvalue weighted by atomic mass is 10.0. The zero-order valence-electron chi connectivity index (χ0n) is 18.9. The van der Waals surface area contributed by atoms with Gasteiger partial charge in [0.15, 0.2) is 0 Å². The van der Waals surface area contributed by atoms with Crippen LogP contribution in [0.3, 0.4) is 0 Å². The van der Waals surface area contributed by atoms with Crippen LogP contribution in [0.15, 0.2) is 85.1 Å². The molecule has 1 aromatic heterocycles. The summed E-state index contributed by atoms with van der Waals surface area (Å²) in [5.41, 5.74) is 2.90. The van der Waals surface area contributed by atoms with Crippen molar-refractivity contribution in [1.82, 2.24) is 10.3 Å². The van der Waals surface area contributed by atoms with Gasteiger partial charge in [0.25, 0.3) is 5.91 Å². The molecule has 1 amide bonds. The molecule has 0 aliphatic rings. The summed E-state index contributed by atoms with van der Waals surface area (Å²) in [6, 6.07) is 23.2. The Hall–Kier alpha value is -5.03. The molecule has 0 aliphatic heterocycles. The van der Waals surface area contributed by atoms with Gasteiger partial charge in [-0.15, -0.1) is 0 Å². The van der Waals surface area contributed by atoms with E-state index in [0.29, 0.717) is 28.0 Å². The van der Waals surface area contributed by atoms with Crippen LogP contribution in [0, 0.1) is 17.1 Å². The van der Waals surface area contributed by atoms with Gasteiger partial charge in [-0.2, -0.15) is 5.26 Å². The molecule has 36 heavy (non-hydrogen) atoms. The number of pyridine rings is 1. The van der Waals surface area contributed by atoms with Crippen LogP contribution in [0.5, 0.6) is 11.6 Å². The van der Waals surface area contributed by atoms with Crippen molar-refractivity contribution in [2.45, 2.75) is 13.0 Å². The minimum absolute atomic E-state index is 0.0548. The fourth-order valence-corrected chi connectivity index (χ4v) is 3.52. The van der Waals surface area contributed by atoms with Crippen LogP contribution in [0.2, 0.25) is 0 Å². The molecule has 4 rings (SSSR count). The Morgan fingerprint density at radius 1 is 1.00 bits per heavy atom. The van der Waals surface area contributed by atoms with Gasteiger partial charge in [-0.05, 0) is 53.1 Å². The summed E-state index contributed by atoms with van der Waals surface area (Å²) in [7, 11) is 0. The lowest BCUT2D eigenvalue weighted by Crippen LogP contribution is -2.24. The van der Waals surface area contributed by atoms with E-state index in [1.165, 1.54) is 18.3 Å². The summed E-state index contributed by atoms with van der Waals surface area (Å²) in [6.07, 6.45) is 1.40. The van der Waals surface area contributed by atoms with Crippen molar-refractivity contribution in [3.8, 4) is 28.8 Å². The van der Waals surface area contributed by atoms with Gasteiger partial charge in [0.05, 0.1) is 18.1 Å². The first-order chi connectivity index (χ1) is 17.4. The number of carbonyl (C=O) groups excluding carboxylic acids is 1. The van der Waals surface area contributed by atoms with Crippen LogP contribution < -0.4 is 10.1 Å². The monoisotopic (exact) mass is 481 g/mol. The van der Waals surface area contributed by atoms with E-state index in [1.807, 2.05) is 6.07 Å². The third-order valence-corrected chi connectivity index (χ3v) is 5.33. The Bertz CT molecular complexity index is 1460. The largest absolute Gasteiger partial charge is 0.481 e. The summed E-state index contributed by atoms with van der Waals surface area (Å²) >= 11 is 0. The standard InChI is InChI=1S/C28H20FN3O4/c29-25-15-21(20-8-6-18(7-9-20)14-26(33)34)10-11-22(25)17-32-27(35)24-5-2-12-31-28(24)36-23-4-1-3-19(13-23)16-30/h1-13,15H,14,17H2,(H,32,35)(H,33,34). The molecule has 0 bridgehead atoms. The van der Waals surface area contributed by atoms with Crippen LogP contribution in [0.1, 0.15) is 27.0 Å². The Labute approximate surface area is 206 Å². The molecule has 0 fully saturated rings. The molecular formula is C28H20FN3O4. The van der Waals surface area contributed by atoms with Gasteiger partial charge < -0.3 is 15.2 Å². The van der Waals surface area contributed by atoms with Gasteiger partial charge in [-0.3, -0.25) is 9.59 Å². The molecule has 7 nitrogen and oxygen atoms in total. The minimum Gasteiger partial charge on any atom is -0.481 e. The lowest BCUT2D eigenvalue weighted by molar-refractivity contribution is -0.136. The number of hydrogen-bond acceptors (Lipinski definition) is 5. The second kappa shape index (κ2) is 10.9. The molecule has 0 atom stereocenters. The van der Waals surface area contributed by atoms with Gasteiger partial charge in [-0.25, -0.2) is 9.37 Å². The van der Waals surface area contributed by atoms with E-state index in [4.69, 9.17) is 15.1 Å². The highest BCUT2D eigenvalue weighted by molar-refractivity contribution is 5.96. The highest BCUT2D eigenvalue weighted by Gasteiger charge is 2.15. The predicted octanol–water partition coefficient (Wildman–Crippen LogP) is 5.11. The second-order valence-corrected chi connectivity index (χ2v) is 7.85. The predicted molar refractivity (Wildman–Crippen MR) is 130 cm³/mol. The van der Waals surface area contributed by atoms with E-state index in [-0.39, 0.29) is 24.4 Å². The molecule has 0 saturated heterocycles. The van der Waals surface area contributed by atoms with E-state index in [0.717, 1.165) is 5.56 Å². The smallest absolute Gasteiger partial charge is 0.307 e. The molecule has 0 radical (unpaired) electrons. The molecule has 0 unspecified atom stereocenters. The van der Waals surface area contributed by atoms with Crippen molar-refractivity contribution >= 4 is 11.9 Å². The molecular weight excluding hydrogens is 461 g/mol. The maximum absolute atomic E-state index is 14.8. The Balaban J connectivity index is 1.44. The molecule has 178 valence electrons. The molecule has 0 aliphatic carbocycles. The maximum Gasteiger partial charge on any atom is 0.307 e. The Morgan fingerprint density at radius 3 is 2.50 bits per heavy atom. The first kappa shape index (κ1) is 24.1. The average Bonchev–Trinajstić information content (AvgIpc) is 2.88. The van der Waals surface area contributed by atoms with Gasteiger partial charge in [0.1, 0.15) is 17.1 Å². The molecule has 0 saturated carbocycles. The van der Waals surface area contributed by atoms with E-state index in [2.05, 4.69) is 10.3 Å². The number of halogens is 1. The van der Waals surface area contributed by atoms with Gasteiger partial charge >= 0.3 is 5.97 Å². The van der Waals surface area contributed by atoms with Crippen LogP contribution in [0.25, 0.3) is 11.1 Å². The van der Waals surface area contributed by atoms with Crippen LogP contribution in [-0.2, 0) is 17.8 Å². The number of nitrogens with zero attached hydrogens (tertiary/aromatic N) is 2. The number of nitriles is 1. The fourth-order valence-electron chi connectivity index (χ4n) is 3.52. The van der Waals surface area contributed by atoms with Crippen molar-refractivity contribution in [2.24, 2.45) is 0 Å². The number of amides is 1. The number of carboxylic acids is 1. The quantitative estimate of drug-likeness (QED) is 0.362. The Kier molecular flexibility index (Phi) is 7.32. The highest BCUT2D eigenvalue weighted by atomic mass is 19.1. The third-order valence-electron chi connectivity index (χ3n) is 5.33. The molecule has 1 heterocycles. The first-order valence-electron chi connectivity index (χ1n) is 10.9. The number of benzene rings is 3. The van der Waals surface area contributed by atoms with Crippen molar-refractivity contribution in [2.75, 3.05) is 0 Å². The van der Waals surface area contributed by atoms with Crippen molar-refractivity contribution < 1.29 is 23.8 Å². The zero-order valence-corrected chi connectivity index (χ0v) is 18.9. The topological polar surface area (TPSA) is 112 Å². The fraction of sp³-hybridized carbons (Fsp3) is 0.0714. The molecule has 2 N–H and O–H groups in total. The maximum atomic E-state index is 14.8. The van der Waals surface area contributed by atoms with Gasteiger partial charge in [-0.1, -0.05) is 42.5 Å². The van der Waals surface area contributed by atoms with Gasteiger partial charge in [0.2, 0.25) is 5.88 Å². The number of aliphatic carboxylic acids is 1. The van der Waals surface area contributed by atoms with E-state index in [9.17, 15) is 14.0 Å². The number of aromatic nitrogens is 1. The van der Waals surface area contributed by atoms with Crippen molar-refractivity contribution in [1.29, 1.82) is 5.26 Å². The minimum atomic E-state index is -0.918. The van der Waals surface area contributed by atoms with Crippen LogP contribution in [0.4, 0.5) is 4.39 Å². The SMILES string of the molecule is N#Cc1cccc(Oc2ncccc2C(=O)NCc2ccc(-c3ccc(CC(=O)O)cc3)cc2F)c1. The number of rotatable bonds is 8. The summed E-state index contributed by atoms with van der Waals surface area (Å²) in [5.74, 6) is -1.48. The number of nitrogens with one attached hydrogen (secondary N) is 1. The Morgan fingerprint density at radius 2 is 1.78 bits per heavy atom. The van der Waals surface area contributed by atoms with Gasteiger partial charge in [0, 0.05) is 18.3 Å². The molecule has 8 heteroatoms. The molecule has 0 spiro atoms. The first-order valence-corrected chi connectivity index (χ1v) is 10.9. The van der Waals surface area contributed by atoms with E-state index < -0.39 is 17.7 Å². The summed E-state index contributed by atoms with van der Waals surface area (Å²) in [5, 5.41) is 20.6. The summed E-state index contributed by atoms with van der Waals surface area (Å²) < 4.78 is 20.5. The summed E-state index contributed by atoms with van der Waals surface area (Å²) in [6.45, 7) is -0.0548. The zero-order chi connectivity index (χ0) is 25.5. The average molecular weight is 481 g/mol. The summed E-state index contributed by atoms with van der Waals surface area (Å²) in [4.78, 5) is 27.8. The van der Waals surface area contributed by atoms with Crippen molar-refractivity contribution in [3.05, 3.63) is 113 Å². The number of carboxylic acid groups (broad SMARTS) is 1. The second-order valence-electron chi connectivity index (χ2n) is 7.85. The number of ether oxygens (including phenoxy) is 1. The van der Waals surface area contributed by atoms with Crippen molar-refractivity contribution in [3.63, 3.8) is 0 Å². The number of hydrogen-bond donors (Lipinski definition) is 2.